The highest BCUT2D eigenvalue weighted by atomic mass is 32.2. The number of benzene rings is 2. The molecule has 0 aliphatic rings. The van der Waals surface area contributed by atoms with Crippen molar-refractivity contribution in [3.63, 3.8) is 0 Å². The SMILES string of the molecule is O=C(CNS(=O)(=O)c1c[nH]c2cccc(F)c12)Nc1ccccc1. The number of para-hydroxylation sites is 1. The minimum atomic E-state index is -4.04. The first-order valence-electron chi connectivity index (χ1n) is 7.07. The van der Waals surface area contributed by atoms with E-state index in [1.54, 1.807) is 36.4 Å². The molecule has 2 aromatic carbocycles. The summed E-state index contributed by atoms with van der Waals surface area (Å²) in [7, 11) is -4.04. The van der Waals surface area contributed by atoms with E-state index in [9.17, 15) is 17.6 Å². The minimum Gasteiger partial charge on any atom is -0.360 e. The van der Waals surface area contributed by atoms with E-state index in [4.69, 9.17) is 0 Å². The first kappa shape index (κ1) is 16.2. The molecule has 24 heavy (non-hydrogen) atoms. The van der Waals surface area contributed by atoms with Crippen LogP contribution >= 0.6 is 0 Å². The quantitative estimate of drug-likeness (QED) is 0.661. The molecule has 6 nitrogen and oxygen atoms in total. The van der Waals surface area contributed by atoms with Gasteiger partial charge in [0.1, 0.15) is 10.7 Å². The Morgan fingerprint density at radius 2 is 1.83 bits per heavy atom. The molecule has 0 bridgehead atoms. The number of carbonyl (C=O) groups is 1. The predicted molar refractivity (Wildman–Crippen MR) is 88.5 cm³/mol. The molecular weight excluding hydrogens is 333 g/mol. The number of nitrogens with one attached hydrogen (secondary N) is 3. The number of hydrogen-bond acceptors (Lipinski definition) is 3. The predicted octanol–water partition coefficient (Wildman–Crippen LogP) is 2.22. The number of rotatable bonds is 5. The molecule has 0 fully saturated rings. The van der Waals surface area contributed by atoms with Crippen LogP contribution in [0.15, 0.2) is 59.6 Å². The largest absolute Gasteiger partial charge is 0.360 e. The third kappa shape index (κ3) is 3.29. The highest BCUT2D eigenvalue weighted by molar-refractivity contribution is 7.89. The van der Waals surface area contributed by atoms with Gasteiger partial charge in [0.05, 0.1) is 11.9 Å². The van der Waals surface area contributed by atoms with Crippen molar-refractivity contribution in [2.75, 3.05) is 11.9 Å². The standard InChI is InChI=1S/C16H14FN3O3S/c17-12-7-4-8-13-16(12)14(9-18-13)24(22,23)19-10-15(21)20-11-5-2-1-3-6-11/h1-9,18-19H,10H2,(H,20,21). The van der Waals surface area contributed by atoms with Crippen molar-refractivity contribution in [2.24, 2.45) is 0 Å². The fourth-order valence-electron chi connectivity index (χ4n) is 2.29. The summed E-state index contributed by atoms with van der Waals surface area (Å²) < 4.78 is 40.8. The van der Waals surface area contributed by atoms with Crippen LogP contribution in [0.1, 0.15) is 0 Å². The van der Waals surface area contributed by atoms with Gasteiger partial charge in [-0.25, -0.2) is 17.5 Å². The van der Waals surface area contributed by atoms with E-state index in [-0.39, 0.29) is 10.3 Å². The summed E-state index contributed by atoms with van der Waals surface area (Å²) >= 11 is 0. The van der Waals surface area contributed by atoms with Gasteiger partial charge in [0.2, 0.25) is 15.9 Å². The van der Waals surface area contributed by atoms with Gasteiger partial charge >= 0.3 is 0 Å². The van der Waals surface area contributed by atoms with Gasteiger partial charge in [0.25, 0.3) is 0 Å². The summed E-state index contributed by atoms with van der Waals surface area (Å²) in [5.41, 5.74) is 0.920. The smallest absolute Gasteiger partial charge is 0.243 e. The first-order chi connectivity index (χ1) is 11.5. The van der Waals surface area contributed by atoms with Gasteiger partial charge in [-0.2, -0.15) is 0 Å². The van der Waals surface area contributed by atoms with E-state index >= 15 is 0 Å². The van der Waals surface area contributed by atoms with Crippen LogP contribution in [0.5, 0.6) is 0 Å². The molecule has 3 aromatic rings. The molecule has 0 unspecified atom stereocenters. The Kier molecular flexibility index (Phi) is 4.32. The van der Waals surface area contributed by atoms with E-state index in [1.807, 2.05) is 0 Å². The second-order valence-electron chi connectivity index (χ2n) is 5.05. The number of aromatic amines is 1. The molecule has 3 rings (SSSR count). The Morgan fingerprint density at radius 3 is 2.58 bits per heavy atom. The van der Waals surface area contributed by atoms with E-state index in [2.05, 4.69) is 15.0 Å². The first-order valence-corrected chi connectivity index (χ1v) is 8.56. The fraction of sp³-hybridized carbons (Fsp3) is 0.0625. The van der Waals surface area contributed by atoms with Crippen LogP contribution in [0.2, 0.25) is 0 Å². The maximum atomic E-state index is 13.9. The second-order valence-corrected chi connectivity index (χ2v) is 6.79. The molecule has 1 aromatic heterocycles. The van der Waals surface area contributed by atoms with Gasteiger partial charge in [0.15, 0.2) is 0 Å². The van der Waals surface area contributed by atoms with Gasteiger partial charge in [-0.1, -0.05) is 24.3 Å². The summed E-state index contributed by atoms with van der Waals surface area (Å²) in [5.74, 6) is -1.17. The number of H-pyrrole nitrogens is 1. The number of carbonyl (C=O) groups excluding carboxylic acids is 1. The molecule has 124 valence electrons. The van der Waals surface area contributed by atoms with Crippen molar-refractivity contribution in [1.82, 2.24) is 9.71 Å². The van der Waals surface area contributed by atoms with E-state index in [0.717, 1.165) is 0 Å². The van der Waals surface area contributed by atoms with Gasteiger partial charge in [-0.3, -0.25) is 4.79 Å². The molecule has 0 atom stereocenters. The average Bonchev–Trinajstić information content (AvgIpc) is 3.00. The molecule has 1 heterocycles. The number of aromatic nitrogens is 1. The molecule has 0 saturated heterocycles. The van der Waals surface area contributed by atoms with Crippen LogP contribution in [0, 0.1) is 5.82 Å². The Balaban J connectivity index is 1.75. The van der Waals surface area contributed by atoms with Crippen molar-refractivity contribution in [3.05, 3.63) is 60.5 Å². The van der Waals surface area contributed by atoms with Gasteiger partial charge < -0.3 is 10.3 Å². The van der Waals surface area contributed by atoms with Crippen molar-refractivity contribution in [2.45, 2.75) is 4.90 Å². The van der Waals surface area contributed by atoms with Crippen LogP contribution in [0.3, 0.4) is 0 Å². The van der Waals surface area contributed by atoms with Crippen LogP contribution in [-0.4, -0.2) is 25.9 Å². The molecule has 0 aliphatic heterocycles. The minimum absolute atomic E-state index is 0.0338. The van der Waals surface area contributed by atoms with Gasteiger partial charge in [-0.05, 0) is 24.3 Å². The van der Waals surface area contributed by atoms with Crippen molar-refractivity contribution >= 4 is 32.5 Å². The zero-order chi connectivity index (χ0) is 17.2. The van der Waals surface area contributed by atoms with Crippen molar-refractivity contribution < 1.29 is 17.6 Å². The summed E-state index contributed by atoms with van der Waals surface area (Å²) in [6.07, 6.45) is 1.20. The Morgan fingerprint density at radius 1 is 1.08 bits per heavy atom. The number of fused-ring (bicyclic) bond motifs is 1. The fourth-order valence-corrected chi connectivity index (χ4v) is 3.45. The van der Waals surface area contributed by atoms with E-state index in [1.165, 1.54) is 18.3 Å². The molecule has 0 radical (unpaired) electrons. The highest BCUT2D eigenvalue weighted by Crippen LogP contribution is 2.25. The number of sulfonamides is 1. The van der Waals surface area contributed by atoms with Crippen LogP contribution in [0.25, 0.3) is 10.9 Å². The van der Waals surface area contributed by atoms with E-state index < -0.39 is 28.3 Å². The molecule has 0 spiro atoms. The second kappa shape index (κ2) is 6.42. The topological polar surface area (TPSA) is 91.1 Å². The highest BCUT2D eigenvalue weighted by Gasteiger charge is 2.22. The van der Waals surface area contributed by atoms with Gasteiger partial charge in [0, 0.05) is 17.4 Å². The summed E-state index contributed by atoms with van der Waals surface area (Å²) in [4.78, 5) is 14.3. The monoisotopic (exact) mass is 347 g/mol. The maximum Gasteiger partial charge on any atom is 0.243 e. The number of halogens is 1. The zero-order valence-corrected chi connectivity index (χ0v) is 13.2. The van der Waals surface area contributed by atoms with Crippen molar-refractivity contribution in [1.29, 1.82) is 0 Å². The van der Waals surface area contributed by atoms with E-state index in [0.29, 0.717) is 11.2 Å². The van der Waals surface area contributed by atoms with Gasteiger partial charge in [-0.15, -0.1) is 0 Å². The van der Waals surface area contributed by atoms with Crippen molar-refractivity contribution in [3.8, 4) is 0 Å². The maximum absolute atomic E-state index is 13.9. The Labute approximate surface area is 137 Å². The molecule has 1 amide bonds. The molecule has 0 aliphatic carbocycles. The van der Waals surface area contributed by atoms with Crippen LogP contribution < -0.4 is 10.0 Å². The average molecular weight is 347 g/mol. The summed E-state index contributed by atoms with van der Waals surface area (Å²) in [6, 6.07) is 12.9. The number of amides is 1. The lowest BCUT2D eigenvalue weighted by Crippen LogP contribution is -2.32. The Bertz CT molecular complexity index is 984. The zero-order valence-electron chi connectivity index (χ0n) is 12.4. The number of hydrogen-bond donors (Lipinski definition) is 3. The number of anilines is 1. The van der Waals surface area contributed by atoms with Crippen LogP contribution in [0.4, 0.5) is 10.1 Å². The molecule has 3 N–H and O–H groups in total. The molecular formula is C16H14FN3O3S. The molecule has 8 heteroatoms. The lowest BCUT2D eigenvalue weighted by molar-refractivity contribution is -0.115. The third-order valence-corrected chi connectivity index (χ3v) is 4.81. The normalized spacial score (nSPS) is 11.5. The summed E-state index contributed by atoms with van der Waals surface area (Å²) in [5, 5.41) is 2.53. The summed E-state index contributed by atoms with van der Waals surface area (Å²) in [6.45, 7) is -0.460. The van der Waals surface area contributed by atoms with Crippen LogP contribution in [-0.2, 0) is 14.8 Å². The molecule has 0 saturated carbocycles. The lowest BCUT2D eigenvalue weighted by atomic mass is 10.2. The lowest BCUT2D eigenvalue weighted by Gasteiger charge is -2.07. The Hall–Kier alpha value is -2.71. The third-order valence-electron chi connectivity index (χ3n) is 3.39.